The average Bonchev–Trinajstić information content (AvgIpc) is 2.37. The molecule has 3 N–H and O–H groups in total. The number of anilines is 1. The summed E-state index contributed by atoms with van der Waals surface area (Å²) in [6.45, 7) is 0.262. The van der Waals surface area contributed by atoms with Gasteiger partial charge in [0, 0.05) is 22.8 Å². The molecule has 0 bridgehead atoms. The first-order chi connectivity index (χ1) is 9.36. The normalized spacial score (nSPS) is 11.3. The summed E-state index contributed by atoms with van der Waals surface area (Å²) < 4.78 is 35.7. The molecule has 0 radical (unpaired) electrons. The van der Waals surface area contributed by atoms with Crippen molar-refractivity contribution >= 4 is 27.3 Å². The summed E-state index contributed by atoms with van der Waals surface area (Å²) in [6.07, 6.45) is 0. The van der Waals surface area contributed by atoms with Gasteiger partial charge in [-0.15, -0.1) is 0 Å². The molecule has 2 rings (SSSR count). The molecule has 0 amide bonds. The maximum absolute atomic E-state index is 13.6. The average molecular weight is 315 g/mol. The van der Waals surface area contributed by atoms with E-state index in [2.05, 4.69) is 5.32 Å². The lowest BCUT2D eigenvalue weighted by Crippen LogP contribution is -2.12. The first-order valence-electron chi connectivity index (χ1n) is 5.67. The molecule has 0 spiro atoms. The van der Waals surface area contributed by atoms with Gasteiger partial charge < -0.3 is 5.32 Å². The van der Waals surface area contributed by atoms with Gasteiger partial charge in [0.25, 0.3) is 0 Å². The Labute approximate surface area is 121 Å². The molecule has 0 saturated carbocycles. The minimum atomic E-state index is -3.70. The summed E-state index contributed by atoms with van der Waals surface area (Å²) in [7, 11) is -3.70. The Kier molecular flexibility index (Phi) is 4.27. The second-order valence-electron chi connectivity index (χ2n) is 4.16. The van der Waals surface area contributed by atoms with Crippen LogP contribution in [0.2, 0.25) is 5.02 Å². The quantitative estimate of drug-likeness (QED) is 0.911. The monoisotopic (exact) mass is 314 g/mol. The number of nitrogens with two attached hydrogens (primary N) is 1. The van der Waals surface area contributed by atoms with E-state index in [-0.39, 0.29) is 11.4 Å². The van der Waals surface area contributed by atoms with Crippen LogP contribution in [0, 0.1) is 5.82 Å². The molecule has 0 unspecified atom stereocenters. The Hall–Kier alpha value is -1.63. The van der Waals surface area contributed by atoms with E-state index in [0.29, 0.717) is 16.3 Å². The molecule has 0 atom stereocenters. The molecule has 7 heteroatoms. The zero-order valence-electron chi connectivity index (χ0n) is 10.3. The minimum Gasteiger partial charge on any atom is -0.381 e. The molecule has 2 aromatic carbocycles. The number of nitrogens with one attached hydrogen (secondary N) is 1. The van der Waals surface area contributed by atoms with E-state index >= 15 is 0 Å². The summed E-state index contributed by atoms with van der Waals surface area (Å²) in [4.78, 5) is 0.0284. The largest absolute Gasteiger partial charge is 0.381 e. The van der Waals surface area contributed by atoms with Gasteiger partial charge in [-0.2, -0.15) is 0 Å². The van der Waals surface area contributed by atoms with Crippen LogP contribution >= 0.6 is 11.6 Å². The molecule has 106 valence electrons. The van der Waals surface area contributed by atoms with Crippen LogP contribution in [0.1, 0.15) is 5.56 Å². The van der Waals surface area contributed by atoms with E-state index in [1.165, 1.54) is 18.2 Å². The third-order valence-corrected chi connectivity index (χ3v) is 3.85. The van der Waals surface area contributed by atoms with E-state index in [1.807, 2.05) is 0 Å². The molecule has 20 heavy (non-hydrogen) atoms. The number of hydrogen-bond acceptors (Lipinski definition) is 3. The molecule has 0 fully saturated rings. The predicted octanol–water partition coefficient (Wildman–Crippen LogP) is 2.74. The smallest absolute Gasteiger partial charge is 0.238 e. The van der Waals surface area contributed by atoms with Crippen molar-refractivity contribution in [3.63, 3.8) is 0 Å². The van der Waals surface area contributed by atoms with Crippen LogP contribution in [-0.4, -0.2) is 8.42 Å². The first kappa shape index (κ1) is 14.8. The molecule has 0 heterocycles. The summed E-state index contributed by atoms with van der Waals surface area (Å²) in [6, 6.07) is 10.3. The van der Waals surface area contributed by atoms with Gasteiger partial charge in [0.05, 0.1) is 4.90 Å². The minimum absolute atomic E-state index is 0.0284. The number of primary sulfonamides is 1. The number of hydrogen-bond donors (Lipinski definition) is 2. The van der Waals surface area contributed by atoms with Crippen molar-refractivity contribution < 1.29 is 12.8 Å². The lowest BCUT2D eigenvalue weighted by atomic mass is 10.2. The SMILES string of the molecule is NS(=O)(=O)c1ccc(NCc2ccc(Cl)cc2F)cc1. The molecule has 0 saturated heterocycles. The molecule has 2 aromatic rings. The topological polar surface area (TPSA) is 72.2 Å². The van der Waals surface area contributed by atoms with Crippen molar-refractivity contribution in [2.45, 2.75) is 11.4 Å². The fourth-order valence-electron chi connectivity index (χ4n) is 1.62. The van der Waals surface area contributed by atoms with Crippen LogP contribution in [0.5, 0.6) is 0 Å². The fourth-order valence-corrected chi connectivity index (χ4v) is 2.30. The molecule has 0 aliphatic rings. The van der Waals surface area contributed by atoms with Crippen LogP contribution in [0.15, 0.2) is 47.4 Å². The van der Waals surface area contributed by atoms with E-state index in [4.69, 9.17) is 16.7 Å². The third kappa shape index (κ3) is 3.69. The maximum atomic E-state index is 13.6. The second-order valence-corrected chi connectivity index (χ2v) is 6.16. The van der Waals surface area contributed by atoms with Crippen molar-refractivity contribution in [2.24, 2.45) is 5.14 Å². The lowest BCUT2D eigenvalue weighted by Gasteiger charge is -2.08. The van der Waals surface area contributed by atoms with Crippen LogP contribution in [-0.2, 0) is 16.6 Å². The highest BCUT2D eigenvalue weighted by Crippen LogP contribution is 2.17. The Morgan fingerprint density at radius 3 is 2.35 bits per heavy atom. The number of rotatable bonds is 4. The fraction of sp³-hybridized carbons (Fsp3) is 0.0769. The highest BCUT2D eigenvalue weighted by Gasteiger charge is 2.07. The van der Waals surface area contributed by atoms with Crippen LogP contribution < -0.4 is 10.5 Å². The summed E-state index contributed by atoms with van der Waals surface area (Å²) in [5, 5.41) is 8.31. The first-order valence-corrected chi connectivity index (χ1v) is 7.59. The Morgan fingerprint density at radius 1 is 1.15 bits per heavy atom. The number of halogens is 2. The third-order valence-electron chi connectivity index (χ3n) is 2.68. The summed E-state index contributed by atoms with van der Waals surface area (Å²) >= 11 is 5.67. The van der Waals surface area contributed by atoms with Gasteiger partial charge in [0.2, 0.25) is 10.0 Å². The zero-order chi connectivity index (χ0) is 14.8. The van der Waals surface area contributed by atoms with Crippen molar-refractivity contribution in [3.8, 4) is 0 Å². The standard InChI is InChI=1S/C13H12ClFN2O2S/c14-10-2-1-9(13(15)7-10)8-17-11-3-5-12(6-4-11)20(16,18)19/h1-7,17H,8H2,(H2,16,18,19). The van der Waals surface area contributed by atoms with E-state index < -0.39 is 15.8 Å². The molecule has 0 aliphatic carbocycles. The maximum Gasteiger partial charge on any atom is 0.238 e. The van der Waals surface area contributed by atoms with E-state index in [0.717, 1.165) is 0 Å². The van der Waals surface area contributed by atoms with Crippen LogP contribution in [0.3, 0.4) is 0 Å². The van der Waals surface area contributed by atoms with Gasteiger partial charge in [-0.05, 0) is 36.4 Å². The lowest BCUT2D eigenvalue weighted by molar-refractivity contribution is 0.598. The van der Waals surface area contributed by atoms with Gasteiger partial charge in [-0.3, -0.25) is 0 Å². The second kappa shape index (κ2) is 5.78. The summed E-state index contributed by atoms with van der Waals surface area (Å²) in [5.74, 6) is -0.397. The van der Waals surface area contributed by atoms with Crippen molar-refractivity contribution in [2.75, 3.05) is 5.32 Å². The number of sulfonamides is 1. The van der Waals surface area contributed by atoms with Gasteiger partial charge in [-0.25, -0.2) is 17.9 Å². The highest BCUT2D eigenvalue weighted by atomic mass is 35.5. The van der Waals surface area contributed by atoms with Crippen molar-refractivity contribution in [1.29, 1.82) is 0 Å². The van der Waals surface area contributed by atoms with Gasteiger partial charge >= 0.3 is 0 Å². The summed E-state index contributed by atoms with van der Waals surface area (Å²) in [5.41, 5.74) is 1.12. The van der Waals surface area contributed by atoms with E-state index in [1.54, 1.807) is 24.3 Å². The number of benzene rings is 2. The molecule has 0 aliphatic heterocycles. The van der Waals surface area contributed by atoms with Gasteiger partial charge in [-0.1, -0.05) is 17.7 Å². The predicted molar refractivity (Wildman–Crippen MR) is 76.6 cm³/mol. The molecular formula is C13H12ClFN2O2S. The molecular weight excluding hydrogens is 303 g/mol. The highest BCUT2D eigenvalue weighted by molar-refractivity contribution is 7.89. The molecule has 4 nitrogen and oxygen atoms in total. The Balaban J connectivity index is 2.08. The Bertz CT molecular complexity index is 718. The van der Waals surface area contributed by atoms with Crippen LogP contribution in [0.25, 0.3) is 0 Å². The van der Waals surface area contributed by atoms with Gasteiger partial charge in [0.1, 0.15) is 5.82 Å². The zero-order valence-corrected chi connectivity index (χ0v) is 11.9. The van der Waals surface area contributed by atoms with Crippen LogP contribution in [0.4, 0.5) is 10.1 Å². The van der Waals surface area contributed by atoms with Gasteiger partial charge in [0.15, 0.2) is 0 Å². The van der Waals surface area contributed by atoms with Crippen molar-refractivity contribution in [3.05, 3.63) is 58.9 Å². The molecule has 0 aromatic heterocycles. The van der Waals surface area contributed by atoms with E-state index in [9.17, 15) is 12.8 Å². The Morgan fingerprint density at radius 2 is 1.80 bits per heavy atom. The van der Waals surface area contributed by atoms with Crippen molar-refractivity contribution in [1.82, 2.24) is 0 Å².